The maximum absolute atomic E-state index is 12.0. The van der Waals surface area contributed by atoms with E-state index in [0.29, 0.717) is 18.7 Å². The molecule has 1 fully saturated rings. The Labute approximate surface area is 110 Å². The number of H-pyrrole nitrogens is 1. The molecule has 0 spiro atoms. The molecule has 19 heavy (non-hydrogen) atoms. The van der Waals surface area contributed by atoms with Crippen molar-refractivity contribution in [3.8, 4) is 0 Å². The van der Waals surface area contributed by atoms with Crippen molar-refractivity contribution in [2.45, 2.75) is 6.10 Å². The average molecular weight is 260 g/mol. The summed E-state index contributed by atoms with van der Waals surface area (Å²) in [7, 11) is 0. The van der Waals surface area contributed by atoms with Gasteiger partial charge in [-0.3, -0.25) is 9.89 Å². The molecule has 1 aromatic carbocycles. The number of hydrogen-bond donors (Lipinski definition) is 3. The minimum absolute atomic E-state index is 0.0496. The minimum Gasteiger partial charge on any atom is -0.374 e. The van der Waals surface area contributed by atoms with E-state index in [9.17, 15) is 4.79 Å². The fraction of sp³-hybridized carbons (Fsp3) is 0.385. The van der Waals surface area contributed by atoms with Crippen molar-refractivity contribution in [2.75, 3.05) is 26.2 Å². The number of ether oxygens (including phenoxy) is 1. The third kappa shape index (κ3) is 2.74. The van der Waals surface area contributed by atoms with Crippen LogP contribution in [0.5, 0.6) is 0 Å². The van der Waals surface area contributed by atoms with Gasteiger partial charge in [0.2, 0.25) is 0 Å². The van der Waals surface area contributed by atoms with Crippen LogP contribution in [0.1, 0.15) is 10.4 Å². The van der Waals surface area contributed by atoms with Crippen LogP contribution in [0.2, 0.25) is 0 Å². The molecule has 1 aliphatic heterocycles. The van der Waals surface area contributed by atoms with Crippen LogP contribution in [0, 0.1) is 0 Å². The first-order valence-corrected chi connectivity index (χ1v) is 6.36. The largest absolute Gasteiger partial charge is 0.374 e. The molecule has 0 aliphatic carbocycles. The summed E-state index contributed by atoms with van der Waals surface area (Å²) in [5.74, 6) is -0.0920. The number of nitrogens with zero attached hydrogens (tertiary/aromatic N) is 1. The Morgan fingerprint density at radius 2 is 2.47 bits per heavy atom. The van der Waals surface area contributed by atoms with E-state index in [0.717, 1.165) is 24.0 Å². The van der Waals surface area contributed by atoms with E-state index in [1.165, 1.54) is 0 Å². The van der Waals surface area contributed by atoms with Gasteiger partial charge in [0.15, 0.2) is 0 Å². The smallest absolute Gasteiger partial charge is 0.251 e. The van der Waals surface area contributed by atoms with Crippen molar-refractivity contribution in [3.05, 3.63) is 30.0 Å². The summed E-state index contributed by atoms with van der Waals surface area (Å²) < 4.78 is 5.53. The second-order valence-electron chi connectivity index (χ2n) is 4.58. The van der Waals surface area contributed by atoms with Crippen LogP contribution in [0.3, 0.4) is 0 Å². The van der Waals surface area contributed by atoms with E-state index in [-0.39, 0.29) is 12.0 Å². The van der Waals surface area contributed by atoms with Crippen molar-refractivity contribution in [2.24, 2.45) is 0 Å². The molecular formula is C13H16N4O2. The van der Waals surface area contributed by atoms with E-state index in [1.807, 2.05) is 6.07 Å². The lowest BCUT2D eigenvalue weighted by Crippen LogP contribution is -2.45. The molecule has 6 heteroatoms. The van der Waals surface area contributed by atoms with Gasteiger partial charge < -0.3 is 15.4 Å². The minimum atomic E-state index is -0.0920. The second kappa shape index (κ2) is 5.38. The monoisotopic (exact) mass is 260 g/mol. The highest BCUT2D eigenvalue weighted by Crippen LogP contribution is 2.12. The van der Waals surface area contributed by atoms with Crippen molar-refractivity contribution in [1.82, 2.24) is 20.8 Å². The van der Waals surface area contributed by atoms with Crippen molar-refractivity contribution in [1.29, 1.82) is 0 Å². The van der Waals surface area contributed by atoms with Crippen molar-refractivity contribution < 1.29 is 9.53 Å². The molecule has 1 aromatic heterocycles. The van der Waals surface area contributed by atoms with E-state index < -0.39 is 0 Å². The van der Waals surface area contributed by atoms with Crippen LogP contribution < -0.4 is 10.6 Å². The first-order chi connectivity index (χ1) is 9.33. The first-order valence-electron chi connectivity index (χ1n) is 6.36. The lowest BCUT2D eigenvalue weighted by Gasteiger charge is -2.23. The zero-order valence-corrected chi connectivity index (χ0v) is 10.5. The van der Waals surface area contributed by atoms with Gasteiger partial charge in [-0.05, 0) is 12.1 Å². The third-order valence-corrected chi connectivity index (χ3v) is 3.20. The standard InChI is InChI=1S/C13H16N4O2/c18-13(15-8-11-7-14-3-4-19-11)9-1-2-10-6-16-17-12(10)5-9/h1-2,5-6,11,14H,3-4,7-8H2,(H,15,18)(H,16,17). The normalized spacial score (nSPS) is 19.5. The number of carbonyl (C=O) groups is 1. The number of carbonyl (C=O) groups excluding carboxylic acids is 1. The van der Waals surface area contributed by atoms with E-state index >= 15 is 0 Å². The van der Waals surface area contributed by atoms with Crippen LogP contribution in [-0.4, -0.2) is 48.4 Å². The number of amides is 1. The number of rotatable bonds is 3. The SMILES string of the molecule is O=C(NCC1CNCCO1)c1ccc2cn[nH]c2c1. The zero-order chi connectivity index (χ0) is 13.1. The summed E-state index contributed by atoms with van der Waals surface area (Å²) in [5, 5.41) is 13.9. The molecule has 1 amide bonds. The van der Waals surface area contributed by atoms with E-state index in [4.69, 9.17) is 4.74 Å². The van der Waals surface area contributed by atoms with Crippen molar-refractivity contribution in [3.63, 3.8) is 0 Å². The van der Waals surface area contributed by atoms with Crippen LogP contribution in [-0.2, 0) is 4.74 Å². The molecule has 0 saturated carbocycles. The summed E-state index contributed by atoms with van der Waals surface area (Å²) in [6.07, 6.45) is 1.78. The van der Waals surface area contributed by atoms with Crippen LogP contribution >= 0.6 is 0 Å². The fourth-order valence-corrected chi connectivity index (χ4v) is 2.14. The Balaban J connectivity index is 1.62. The molecule has 2 aromatic rings. The summed E-state index contributed by atoms with van der Waals surface area (Å²) in [5.41, 5.74) is 1.49. The van der Waals surface area contributed by atoms with Crippen LogP contribution in [0.4, 0.5) is 0 Å². The topological polar surface area (TPSA) is 79.0 Å². The molecule has 1 atom stereocenters. The molecule has 3 rings (SSSR count). The second-order valence-corrected chi connectivity index (χ2v) is 4.58. The number of aromatic amines is 1. The lowest BCUT2D eigenvalue weighted by atomic mass is 10.1. The van der Waals surface area contributed by atoms with Crippen molar-refractivity contribution >= 4 is 16.8 Å². The Bertz CT molecular complexity index is 575. The lowest BCUT2D eigenvalue weighted by molar-refractivity contribution is 0.0287. The van der Waals surface area contributed by atoms with Gasteiger partial charge in [-0.25, -0.2) is 0 Å². The number of benzene rings is 1. The molecule has 100 valence electrons. The van der Waals surface area contributed by atoms with E-state index in [2.05, 4.69) is 20.8 Å². The summed E-state index contributed by atoms with van der Waals surface area (Å²) in [4.78, 5) is 12.0. The Kier molecular flexibility index (Phi) is 3.43. The maximum Gasteiger partial charge on any atom is 0.251 e. The highest BCUT2D eigenvalue weighted by Gasteiger charge is 2.15. The van der Waals surface area contributed by atoms with Gasteiger partial charge in [0, 0.05) is 30.6 Å². The molecule has 2 heterocycles. The van der Waals surface area contributed by atoms with Gasteiger partial charge in [-0.15, -0.1) is 0 Å². The van der Waals surface area contributed by atoms with E-state index in [1.54, 1.807) is 18.3 Å². The summed E-state index contributed by atoms with van der Waals surface area (Å²) in [6.45, 7) is 2.87. The number of nitrogens with one attached hydrogen (secondary N) is 3. The van der Waals surface area contributed by atoms with Gasteiger partial charge in [0.1, 0.15) is 0 Å². The molecule has 1 saturated heterocycles. The number of hydrogen-bond acceptors (Lipinski definition) is 4. The molecule has 1 unspecified atom stereocenters. The third-order valence-electron chi connectivity index (χ3n) is 3.20. The molecule has 0 radical (unpaired) electrons. The van der Waals surface area contributed by atoms with Gasteiger partial charge >= 0.3 is 0 Å². The summed E-state index contributed by atoms with van der Waals surface area (Å²) >= 11 is 0. The molecule has 3 N–H and O–H groups in total. The molecule has 0 bridgehead atoms. The van der Waals surface area contributed by atoms with Gasteiger partial charge in [0.05, 0.1) is 24.4 Å². The maximum atomic E-state index is 12.0. The van der Waals surface area contributed by atoms with Crippen LogP contribution in [0.25, 0.3) is 10.9 Å². The summed E-state index contributed by atoms with van der Waals surface area (Å²) in [6, 6.07) is 5.48. The Morgan fingerprint density at radius 1 is 1.53 bits per heavy atom. The number of aromatic nitrogens is 2. The fourth-order valence-electron chi connectivity index (χ4n) is 2.14. The first kappa shape index (κ1) is 12.1. The predicted molar refractivity (Wildman–Crippen MR) is 71.0 cm³/mol. The van der Waals surface area contributed by atoms with Crippen LogP contribution in [0.15, 0.2) is 24.4 Å². The molecule has 1 aliphatic rings. The van der Waals surface area contributed by atoms with Gasteiger partial charge in [-0.2, -0.15) is 5.10 Å². The molecule has 6 nitrogen and oxygen atoms in total. The molecular weight excluding hydrogens is 244 g/mol. The number of morpholine rings is 1. The highest BCUT2D eigenvalue weighted by molar-refractivity contribution is 5.97. The Hall–Kier alpha value is -1.92. The van der Waals surface area contributed by atoms with Gasteiger partial charge in [0.25, 0.3) is 5.91 Å². The number of fused-ring (bicyclic) bond motifs is 1. The predicted octanol–water partition coefficient (Wildman–Crippen LogP) is 0.281. The Morgan fingerprint density at radius 3 is 3.32 bits per heavy atom. The average Bonchev–Trinajstić information content (AvgIpc) is 2.93. The quantitative estimate of drug-likeness (QED) is 0.740. The zero-order valence-electron chi connectivity index (χ0n) is 10.5. The van der Waals surface area contributed by atoms with Gasteiger partial charge in [-0.1, -0.05) is 6.07 Å². The highest BCUT2D eigenvalue weighted by atomic mass is 16.5.